The SMILES string of the molecule is C#Cc1ccc(CC2CCC(C(C(=C)CCc3ccccc3)c3ccc(C4=CC(C)C=C4)cc3)CC2)cc1CCC1CC(C)(C)C1. The number of allylic oxidation sites excluding steroid dienone is 5. The quantitative estimate of drug-likeness (QED) is 0.142. The lowest BCUT2D eigenvalue weighted by Gasteiger charge is -2.43. The van der Waals surface area contributed by atoms with Gasteiger partial charge in [0.15, 0.2) is 0 Å². The maximum Gasteiger partial charge on any atom is 0.0274 e. The van der Waals surface area contributed by atoms with Gasteiger partial charge < -0.3 is 0 Å². The van der Waals surface area contributed by atoms with Crippen LogP contribution in [0.4, 0.5) is 0 Å². The average molecular weight is 607 g/mol. The third kappa shape index (κ3) is 8.04. The van der Waals surface area contributed by atoms with E-state index in [9.17, 15) is 0 Å². The molecular formula is C46H54. The van der Waals surface area contributed by atoms with Gasteiger partial charge in [-0.2, -0.15) is 0 Å². The largest absolute Gasteiger partial charge is 0.115 e. The van der Waals surface area contributed by atoms with Crippen molar-refractivity contribution < 1.29 is 0 Å². The Balaban J connectivity index is 1.11. The molecule has 0 heteroatoms. The Morgan fingerprint density at radius 2 is 1.63 bits per heavy atom. The van der Waals surface area contributed by atoms with Crippen LogP contribution in [0.15, 0.2) is 103 Å². The molecule has 3 aliphatic rings. The molecule has 2 atom stereocenters. The predicted molar refractivity (Wildman–Crippen MR) is 198 cm³/mol. The summed E-state index contributed by atoms with van der Waals surface area (Å²) in [5.74, 6) is 6.19. The summed E-state index contributed by atoms with van der Waals surface area (Å²) in [6.07, 6.45) is 26.4. The van der Waals surface area contributed by atoms with Crippen LogP contribution in [0.25, 0.3) is 5.57 Å². The fourth-order valence-corrected chi connectivity index (χ4v) is 8.92. The molecule has 0 heterocycles. The molecule has 3 aromatic carbocycles. The molecular weight excluding hydrogens is 553 g/mol. The van der Waals surface area contributed by atoms with E-state index in [-0.39, 0.29) is 0 Å². The Morgan fingerprint density at radius 1 is 0.891 bits per heavy atom. The molecule has 0 aliphatic heterocycles. The van der Waals surface area contributed by atoms with Crippen molar-refractivity contribution in [1.29, 1.82) is 0 Å². The molecule has 0 bridgehead atoms. The summed E-state index contributed by atoms with van der Waals surface area (Å²) in [5.41, 5.74) is 11.5. The van der Waals surface area contributed by atoms with Crippen LogP contribution in [-0.2, 0) is 19.3 Å². The number of benzene rings is 3. The molecule has 3 aromatic rings. The van der Waals surface area contributed by atoms with E-state index in [0.29, 0.717) is 23.2 Å². The monoisotopic (exact) mass is 606 g/mol. The van der Waals surface area contributed by atoms with E-state index in [1.165, 1.54) is 90.3 Å². The molecule has 0 radical (unpaired) electrons. The first-order valence-corrected chi connectivity index (χ1v) is 18.1. The van der Waals surface area contributed by atoms with Gasteiger partial charge in [0.1, 0.15) is 0 Å². The third-order valence-corrected chi connectivity index (χ3v) is 11.4. The zero-order valence-electron chi connectivity index (χ0n) is 28.6. The minimum absolute atomic E-state index is 0.420. The van der Waals surface area contributed by atoms with Crippen molar-refractivity contribution in [3.63, 3.8) is 0 Å². The lowest BCUT2D eigenvalue weighted by atomic mass is 9.63. The summed E-state index contributed by atoms with van der Waals surface area (Å²) < 4.78 is 0. The van der Waals surface area contributed by atoms with Crippen molar-refractivity contribution >= 4 is 5.57 Å². The van der Waals surface area contributed by atoms with E-state index in [0.717, 1.165) is 36.7 Å². The Bertz CT molecular complexity index is 1570. The fraction of sp³-hybridized carbons (Fsp3) is 0.435. The smallest absolute Gasteiger partial charge is 0.0274 e. The molecule has 0 N–H and O–H groups in total. The van der Waals surface area contributed by atoms with Gasteiger partial charge >= 0.3 is 0 Å². The molecule has 3 aliphatic carbocycles. The standard InChI is InChI=1S/C46H54/c1-6-39-20-17-37(30-44(39)23-18-38-31-46(4,5)32-38)29-36-15-21-41(22-16-36)45(34(3)13-14-35-10-8-7-9-11-35)42-26-24-40(25-27-42)43-19-12-33(2)28-43/h1,7-12,17,19-20,24-28,30,33,36,38,41,45H,3,13-16,18,21-23,29,31-32H2,2,4-5H3. The molecule has 2 unspecified atom stereocenters. The van der Waals surface area contributed by atoms with E-state index < -0.39 is 0 Å². The highest BCUT2D eigenvalue weighted by atomic mass is 14.4. The zero-order chi connectivity index (χ0) is 32.1. The first-order chi connectivity index (χ1) is 22.3. The second kappa shape index (κ2) is 14.5. The van der Waals surface area contributed by atoms with Gasteiger partial charge in [0.2, 0.25) is 0 Å². The lowest BCUT2D eigenvalue weighted by Crippen LogP contribution is -2.31. The summed E-state index contributed by atoms with van der Waals surface area (Å²) in [7, 11) is 0. The van der Waals surface area contributed by atoms with Crippen LogP contribution in [0.2, 0.25) is 0 Å². The Labute approximate surface area is 280 Å². The van der Waals surface area contributed by atoms with E-state index in [4.69, 9.17) is 13.0 Å². The lowest BCUT2D eigenvalue weighted by molar-refractivity contribution is 0.0901. The molecule has 0 aromatic heterocycles. The highest BCUT2D eigenvalue weighted by Gasteiger charge is 2.35. The normalized spacial score (nSPS) is 22.9. The minimum Gasteiger partial charge on any atom is -0.115 e. The highest BCUT2D eigenvalue weighted by molar-refractivity contribution is 5.76. The van der Waals surface area contributed by atoms with Crippen LogP contribution in [0.1, 0.15) is 111 Å². The van der Waals surface area contributed by atoms with Gasteiger partial charge in [0.05, 0.1) is 0 Å². The molecule has 0 nitrogen and oxygen atoms in total. The second-order valence-corrected chi connectivity index (χ2v) is 15.7. The van der Waals surface area contributed by atoms with Crippen molar-refractivity contribution in [2.75, 3.05) is 0 Å². The average Bonchev–Trinajstić information content (AvgIpc) is 3.49. The first-order valence-electron chi connectivity index (χ1n) is 18.1. The topological polar surface area (TPSA) is 0 Å². The van der Waals surface area contributed by atoms with Crippen LogP contribution < -0.4 is 0 Å². The van der Waals surface area contributed by atoms with Gasteiger partial charge in [0, 0.05) is 11.5 Å². The summed E-state index contributed by atoms with van der Waals surface area (Å²) >= 11 is 0. The van der Waals surface area contributed by atoms with Gasteiger partial charge in [-0.3, -0.25) is 0 Å². The van der Waals surface area contributed by atoms with Gasteiger partial charge in [-0.05, 0) is 139 Å². The molecule has 0 spiro atoms. The summed E-state index contributed by atoms with van der Waals surface area (Å²) in [6, 6.07) is 27.4. The van der Waals surface area contributed by atoms with Gasteiger partial charge in [-0.25, -0.2) is 0 Å². The van der Waals surface area contributed by atoms with E-state index in [2.05, 4.69) is 118 Å². The van der Waals surface area contributed by atoms with Crippen molar-refractivity contribution in [1.82, 2.24) is 0 Å². The van der Waals surface area contributed by atoms with Crippen LogP contribution in [0.3, 0.4) is 0 Å². The molecule has 6 rings (SSSR count). The van der Waals surface area contributed by atoms with E-state index in [1.54, 1.807) is 0 Å². The second-order valence-electron chi connectivity index (χ2n) is 15.7. The van der Waals surface area contributed by atoms with Crippen molar-refractivity contribution in [3.05, 3.63) is 137 Å². The van der Waals surface area contributed by atoms with Crippen LogP contribution in [0.5, 0.6) is 0 Å². The highest BCUT2D eigenvalue weighted by Crippen LogP contribution is 2.47. The number of hydrogen-bond donors (Lipinski definition) is 0. The fourth-order valence-electron chi connectivity index (χ4n) is 8.92. The van der Waals surface area contributed by atoms with Crippen LogP contribution in [0, 0.1) is 41.4 Å². The molecule has 238 valence electrons. The summed E-state index contributed by atoms with van der Waals surface area (Å²) in [4.78, 5) is 0. The summed E-state index contributed by atoms with van der Waals surface area (Å²) in [6.45, 7) is 11.8. The van der Waals surface area contributed by atoms with Crippen LogP contribution >= 0.6 is 0 Å². The van der Waals surface area contributed by atoms with E-state index >= 15 is 0 Å². The third-order valence-electron chi connectivity index (χ3n) is 11.4. The summed E-state index contributed by atoms with van der Waals surface area (Å²) in [5, 5.41) is 0. The molecule has 46 heavy (non-hydrogen) atoms. The molecule has 2 saturated carbocycles. The van der Waals surface area contributed by atoms with Crippen molar-refractivity contribution in [2.45, 2.75) is 97.3 Å². The number of hydrogen-bond acceptors (Lipinski definition) is 0. The maximum absolute atomic E-state index is 5.93. The molecule has 0 amide bonds. The van der Waals surface area contributed by atoms with Gasteiger partial charge in [0.25, 0.3) is 0 Å². The van der Waals surface area contributed by atoms with Gasteiger partial charge in [-0.15, -0.1) is 6.42 Å². The predicted octanol–water partition coefficient (Wildman–Crippen LogP) is 11.9. The molecule has 2 fully saturated rings. The first kappa shape index (κ1) is 32.4. The minimum atomic E-state index is 0.420. The number of rotatable bonds is 12. The van der Waals surface area contributed by atoms with E-state index in [1.807, 2.05) is 0 Å². The van der Waals surface area contributed by atoms with Crippen molar-refractivity contribution in [3.8, 4) is 12.3 Å². The Kier molecular flexibility index (Phi) is 10.2. The van der Waals surface area contributed by atoms with Gasteiger partial charge in [-0.1, -0.05) is 124 Å². The molecule has 0 saturated heterocycles. The Hall–Kier alpha value is -3.56. The number of terminal acetylenes is 1. The number of aryl methyl sites for hydroxylation is 2. The van der Waals surface area contributed by atoms with Crippen molar-refractivity contribution in [2.24, 2.45) is 29.1 Å². The maximum atomic E-state index is 5.93. The van der Waals surface area contributed by atoms with Crippen LogP contribution in [-0.4, -0.2) is 0 Å². The zero-order valence-corrected chi connectivity index (χ0v) is 28.6. The Morgan fingerprint density at radius 3 is 2.28 bits per heavy atom.